The summed E-state index contributed by atoms with van der Waals surface area (Å²) in [6, 6.07) is 14.8. The summed E-state index contributed by atoms with van der Waals surface area (Å²) in [6.07, 6.45) is -1.17. The van der Waals surface area contributed by atoms with Gasteiger partial charge in [0.1, 0.15) is 5.00 Å². The fourth-order valence-corrected chi connectivity index (χ4v) is 3.61. The zero-order valence-corrected chi connectivity index (χ0v) is 17.7. The minimum Gasteiger partial charge on any atom is -0.449 e. The van der Waals surface area contributed by atoms with Crippen LogP contribution in [0.4, 0.5) is 5.00 Å². The van der Waals surface area contributed by atoms with E-state index < -0.39 is 23.9 Å². The van der Waals surface area contributed by atoms with Crippen LogP contribution in [-0.2, 0) is 9.53 Å². The number of hydrogen-bond acceptors (Lipinski definition) is 6. The zero-order chi connectivity index (χ0) is 22.5. The number of ether oxygens (including phenoxy) is 1. The SMILES string of the molecule is Cc1ccc(C(=O)c2ccccc2C(=O)OC(C)C(=O)Nc2sccc2C(N)=O)cc1. The van der Waals surface area contributed by atoms with Gasteiger partial charge >= 0.3 is 5.97 Å². The molecule has 0 fully saturated rings. The van der Waals surface area contributed by atoms with E-state index >= 15 is 0 Å². The van der Waals surface area contributed by atoms with Gasteiger partial charge in [-0.3, -0.25) is 14.4 Å². The molecule has 2 aromatic carbocycles. The van der Waals surface area contributed by atoms with Gasteiger partial charge in [0.15, 0.2) is 11.9 Å². The Morgan fingerprint density at radius 3 is 2.23 bits per heavy atom. The van der Waals surface area contributed by atoms with Crippen molar-refractivity contribution < 1.29 is 23.9 Å². The van der Waals surface area contributed by atoms with Crippen molar-refractivity contribution >= 4 is 39.9 Å². The summed E-state index contributed by atoms with van der Waals surface area (Å²) in [4.78, 5) is 49.4. The number of aryl methyl sites for hydroxylation is 1. The van der Waals surface area contributed by atoms with Gasteiger partial charge in [-0.2, -0.15) is 0 Å². The molecule has 0 bridgehead atoms. The van der Waals surface area contributed by atoms with Gasteiger partial charge in [0.2, 0.25) is 0 Å². The van der Waals surface area contributed by atoms with E-state index in [4.69, 9.17) is 10.5 Å². The molecule has 31 heavy (non-hydrogen) atoms. The van der Waals surface area contributed by atoms with Crippen LogP contribution in [-0.4, -0.2) is 29.7 Å². The highest BCUT2D eigenvalue weighted by atomic mass is 32.1. The molecule has 0 spiro atoms. The van der Waals surface area contributed by atoms with Gasteiger partial charge in [-0.05, 0) is 31.4 Å². The lowest BCUT2D eigenvalue weighted by atomic mass is 9.98. The molecule has 2 amide bonds. The third kappa shape index (κ3) is 5.04. The number of esters is 1. The van der Waals surface area contributed by atoms with Crippen LogP contribution >= 0.6 is 11.3 Å². The molecule has 7 nitrogen and oxygen atoms in total. The van der Waals surface area contributed by atoms with Gasteiger partial charge in [-0.1, -0.05) is 48.0 Å². The van der Waals surface area contributed by atoms with E-state index in [-0.39, 0.29) is 27.5 Å². The molecule has 3 N–H and O–H groups in total. The number of ketones is 1. The first kappa shape index (κ1) is 21.9. The minimum atomic E-state index is -1.17. The van der Waals surface area contributed by atoms with Gasteiger partial charge in [-0.25, -0.2) is 4.79 Å². The van der Waals surface area contributed by atoms with Crippen molar-refractivity contribution in [2.45, 2.75) is 20.0 Å². The summed E-state index contributed by atoms with van der Waals surface area (Å²) in [7, 11) is 0. The molecule has 158 valence electrons. The molecule has 0 radical (unpaired) electrons. The fraction of sp³-hybridized carbons (Fsp3) is 0.130. The number of rotatable bonds is 7. The number of carbonyl (C=O) groups excluding carboxylic acids is 4. The molecule has 0 saturated heterocycles. The average molecular weight is 436 g/mol. The van der Waals surface area contributed by atoms with Gasteiger partial charge in [0.05, 0.1) is 11.1 Å². The summed E-state index contributed by atoms with van der Waals surface area (Å²) in [5.41, 5.74) is 7.12. The molecule has 1 heterocycles. The number of nitrogens with two attached hydrogens (primary N) is 1. The number of primary amides is 1. The Bertz CT molecular complexity index is 1150. The zero-order valence-electron chi connectivity index (χ0n) is 16.9. The maximum absolute atomic E-state index is 12.9. The molecule has 0 saturated carbocycles. The quantitative estimate of drug-likeness (QED) is 0.434. The van der Waals surface area contributed by atoms with Crippen LogP contribution in [0.25, 0.3) is 0 Å². The van der Waals surface area contributed by atoms with Crippen molar-refractivity contribution in [3.8, 4) is 0 Å². The van der Waals surface area contributed by atoms with E-state index in [1.54, 1.807) is 29.6 Å². The number of amides is 2. The lowest BCUT2D eigenvalue weighted by Gasteiger charge is -2.15. The van der Waals surface area contributed by atoms with E-state index in [0.29, 0.717) is 5.56 Å². The Labute approximate surface area is 182 Å². The summed E-state index contributed by atoms with van der Waals surface area (Å²) in [5, 5.41) is 4.42. The largest absolute Gasteiger partial charge is 0.449 e. The molecule has 8 heteroatoms. The summed E-state index contributed by atoms with van der Waals surface area (Å²) in [5.74, 6) is -2.43. The van der Waals surface area contributed by atoms with E-state index in [2.05, 4.69) is 5.32 Å². The Morgan fingerprint density at radius 1 is 0.935 bits per heavy atom. The highest BCUT2D eigenvalue weighted by molar-refractivity contribution is 7.14. The Hall–Kier alpha value is -3.78. The standard InChI is InChI=1S/C23H20N2O5S/c1-13-7-9-15(10-8-13)19(26)16-5-3-4-6-17(16)23(29)30-14(2)21(28)25-22-18(20(24)27)11-12-31-22/h3-12,14H,1-2H3,(H2,24,27)(H,25,28). The number of benzene rings is 2. The molecule has 3 aromatic rings. The number of nitrogens with one attached hydrogen (secondary N) is 1. The van der Waals surface area contributed by atoms with Crippen LogP contribution in [0, 0.1) is 6.92 Å². The van der Waals surface area contributed by atoms with Gasteiger partial charge in [0, 0.05) is 11.1 Å². The number of thiophene rings is 1. The van der Waals surface area contributed by atoms with Crippen molar-refractivity contribution in [3.63, 3.8) is 0 Å². The van der Waals surface area contributed by atoms with Crippen LogP contribution in [0.15, 0.2) is 60.0 Å². The highest BCUT2D eigenvalue weighted by Crippen LogP contribution is 2.23. The molecule has 1 unspecified atom stereocenters. The minimum absolute atomic E-state index is 0.0571. The Morgan fingerprint density at radius 2 is 1.58 bits per heavy atom. The summed E-state index contributed by atoms with van der Waals surface area (Å²) < 4.78 is 5.28. The number of anilines is 1. The molecule has 0 aliphatic carbocycles. The summed E-state index contributed by atoms with van der Waals surface area (Å²) >= 11 is 1.13. The lowest BCUT2D eigenvalue weighted by molar-refractivity contribution is -0.123. The molecule has 0 aliphatic rings. The van der Waals surface area contributed by atoms with E-state index in [1.807, 2.05) is 19.1 Å². The highest BCUT2D eigenvalue weighted by Gasteiger charge is 2.24. The monoisotopic (exact) mass is 436 g/mol. The average Bonchev–Trinajstić information content (AvgIpc) is 3.22. The van der Waals surface area contributed by atoms with Crippen molar-refractivity contribution in [1.29, 1.82) is 0 Å². The van der Waals surface area contributed by atoms with Crippen LogP contribution < -0.4 is 11.1 Å². The molecular formula is C23H20N2O5S. The molecule has 3 rings (SSSR count). The van der Waals surface area contributed by atoms with Crippen LogP contribution in [0.5, 0.6) is 0 Å². The van der Waals surface area contributed by atoms with E-state index in [9.17, 15) is 19.2 Å². The van der Waals surface area contributed by atoms with Gasteiger partial charge in [-0.15, -0.1) is 11.3 Å². The third-order valence-electron chi connectivity index (χ3n) is 4.53. The van der Waals surface area contributed by atoms with Crippen LogP contribution in [0.2, 0.25) is 0 Å². The number of hydrogen-bond donors (Lipinski definition) is 2. The van der Waals surface area contributed by atoms with Gasteiger partial charge < -0.3 is 15.8 Å². The van der Waals surface area contributed by atoms with Crippen molar-refractivity contribution in [3.05, 3.63) is 87.8 Å². The second-order valence-corrected chi connectivity index (χ2v) is 7.72. The second-order valence-electron chi connectivity index (χ2n) is 6.81. The van der Waals surface area contributed by atoms with E-state index in [0.717, 1.165) is 16.9 Å². The van der Waals surface area contributed by atoms with Gasteiger partial charge in [0.25, 0.3) is 11.8 Å². The second kappa shape index (κ2) is 9.36. The Balaban J connectivity index is 1.75. The first-order chi connectivity index (χ1) is 14.8. The predicted molar refractivity (Wildman–Crippen MR) is 117 cm³/mol. The molecule has 1 aromatic heterocycles. The van der Waals surface area contributed by atoms with E-state index in [1.165, 1.54) is 25.1 Å². The number of carbonyl (C=O) groups is 4. The first-order valence-corrected chi connectivity index (χ1v) is 10.3. The summed E-state index contributed by atoms with van der Waals surface area (Å²) in [6.45, 7) is 3.31. The van der Waals surface area contributed by atoms with Crippen LogP contribution in [0.3, 0.4) is 0 Å². The Kier molecular flexibility index (Phi) is 6.61. The molecular weight excluding hydrogens is 416 g/mol. The maximum atomic E-state index is 12.9. The fourth-order valence-electron chi connectivity index (χ4n) is 2.81. The lowest BCUT2D eigenvalue weighted by Crippen LogP contribution is -2.31. The van der Waals surface area contributed by atoms with Crippen LogP contribution in [0.1, 0.15) is 49.1 Å². The van der Waals surface area contributed by atoms with Crippen molar-refractivity contribution in [1.82, 2.24) is 0 Å². The first-order valence-electron chi connectivity index (χ1n) is 9.37. The predicted octanol–water partition coefficient (Wildman–Crippen LogP) is 3.57. The third-order valence-corrected chi connectivity index (χ3v) is 5.36. The van der Waals surface area contributed by atoms with Crippen molar-refractivity contribution in [2.24, 2.45) is 5.73 Å². The maximum Gasteiger partial charge on any atom is 0.339 e. The topological polar surface area (TPSA) is 116 Å². The normalized spacial score (nSPS) is 11.4. The molecule has 0 aliphatic heterocycles. The smallest absolute Gasteiger partial charge is 0.339 e. The van der Waals surface area contributed by atoms with Crippen molar-refractivity contribution in [2.75, 3.05) is 5.32 Å². The molecule has 1 atom stereocenters.